The minimum Gasteiger partial charge on any atom is -0.462 e. The van der Waals surface area contributed by atoms with Gasteiger partial charge in [0.2, 0.25) is 11.8 Å². The molecular formula is C25H26N2O6. The molecule has 2 saturated heterocycles. The lowest BCUT2D eigenvalue weighted by Gasteiger charge is -2.16. The van der Waals surface area contributed by atoms with Gasteiger partial charge in [-0.2, -0.15) is 0 Å². The molecule has 2 aromatic rings. The fraction of sp³-hybridized carbons (Fsp3) is 0.360. The Balaban J connectivity index is 1.17. The van der Waals surface area contributed by atoms with Gasteiger partial charge >= 0.3 is 11.9 Å². The number of anilines is 2. The van der Waals surface area contributed by atoms with E-state index in [4.69, 9.17) is 9.47 Å². The number of benzene rings is 2. The molecule has 2 fully saturated rings. The first-order valence-electron chi connectivity index (χ1n) is 11.2. The second-order valence-electron chi connectivity index (χ2n) is 8.02. The van der Waals surface area contributed by atoms with Crippen LogP contribution >= 0.6 is 0 Å². The normalized spacial score (nSPS) is 15.8. The van der Waals surface area contributed by atoms with Crippen LogP contribution in [-0.4, -0.2) is 50.1 Å². The van der Waals surface area contributed by atoms with Crippen LogP contribution in [0.5, 0.6) is 0 Å². The molecule has 0 N–H and O–H groups in total. The van der Waals surface area contributed by atoms with Gasteiger partial charge in [0.25, 0.3) is 0 Å². The van der Waals surface area contributed by atoms with E-state index in [2.05, 4.69) is 0 Å². The third kappa shape index (κ3) is 5.39. The average molecular weight is 450 g/mol. The highest BCUT2D eigenvalue weighted by atomic mass is 16.5. The van der Waals surface area contributed by atoms with Crippen LogP contribution in [0.1, 0.15) is 52.8 Å². The molecule has 8 heteroatoms. The molecule has 33 heavy (non-hydrogen) atoms. The summed E-state index contributed by atoms with van der Waals surface area (Å²) in [5, 5.41) is 0. The van der Waals surface area contributed by atoms with Crippen molar-refractivity contribution in [1.29, 1.82) is 0 Å². The maximum absolute atomic E-state index is 12.2. The Morgan fingerprint density at radius 1 is 0.667 bits per heavy atom. The van der Waals surface area contributed by atoms with Crippen molar-refractivity contribution in [3.05, 3.63) is 59.7 Å². The summed E-state index contributed by atoms with van der Waals surface area (Å²) in [7, 11) is 0. The predicted molar refractivity (Wildman–Crippen MR) is 121 cm³/mol. The van der Waals surface area contributed by atoms with Crippen LogP contribution in [0.2, 0.25) is 0 Å². The van der Waals surface area contributed by atoms with Crippen LogP contribution in [-0.2, 0) is 19.1 Å². The van der Waals surface area contributed by atoms with Crippen molar-refractivity contribution in [2.24, 2.45) is 0 Å². The van der Waals surface area contributed by atoms with Gasteiger partial charge in [-0.3, -0.25) is 9.59 Å². The first-order valence-corrected chi connectivity index (χ1v) is 11.2. The number of hydrogen-bond acceptors (Lipinski definition) is 6. The van der Waals surface area contributed by atoms with E-state index >= 15 is 0 Å². The molecule has 0 spiro atoms. The molecule has 4 rings (SSSR count). The highest BCUT2D eigenvalue weighted by Gasteiger charge is 2.23. The van der Waals surface area contributed by atoms with E-state index in [0.717, 1.165) is 24.2 Å². The lowest BCUT2D eigenvalue weighted by Crippen LogP contribution is -2.23. The number of carbonyl (C=O) groups excluding carboxylic acids is 4. The predicted octanol–water partition coefficient (Wildman–Crippen LogP) is 3.34. The summed E-state index contributed by atoms with van der Waals surface area (Å²) < 4.78 is 10.5. The number of esters is 2. The van der Waals surface area contributed by atoms with Crippen molar-refractivity contribution in [1.82, 2.24) is 0 Å². The Morgan fingerprint density at radius 3 is 1.39 bits per heavy atom. The molecule has 2 heterocycles. The molecule has 0 bridgehead atoms. The third-order valence-electron chi connectivity index (χ3n) is 5.73. The molecule has 8 nitrogen and oxygen atoms in total. The van der Waals surface area contributed by atoms with Crippen LogP contribution in [0.25, 0.3) is 0 Å². The SMILES string of the molecule is O=C(OCCCOC(=O)c1ccc(N2CCCC2=O)cc1)c1ccc(N2CCCC2=O)cc1. The van der Waals surface area contributed by atoms with Gasteiger partial charge in [-0.15, -0.1) is 0 Å². The minimum atomic E-state index is -0.465. The number of carbonyl (C=O) groups is 4. The standard InChI is InChI=1S/C25H26N2O6/c28-22-4-1-14-26(22)20-10-6-18(7-11-20)24(30)32-16-3-17-33-25(31)19-8-12-21(13-9-19)27-15-2-5-23(27)29/h6-13H,1-5,14-17H2. The summed E-state index contributed by atoms with van der Waals surface area (Å²) in [6, 6.07) is 13.5. The van der Waals surface area contributed by atoms with Gasteiger partial charge in [0.05, 0.1) is 24.3 Å². The van der Waals surface area contributed by atoms with E-state index in [1.54, 1.807) is 58.3 Å². The monoisotopic (exact) mass is 450 g/mol. The second kappa shape index (κ2) is 10.3. The first-order chi connectivity index (χ1) is 16.0. The lowest BCUT2D eigenvalue weighted by atomic mass is 10.2. The number of rotatable bonds is 8. The Bertz CT molecular complexity index is 948. The van der Waals surface area contributed by atoms with E-state index in [1.165, 1.54) is 0 Å². The summed E-state index contributed by atoms with van der Waals surface area (Å²) in [5.41, 5.74) is 2.36. The van der Waals surface area contributed by atoms with Crippen molar-refractivity contribution in [3.8, 4) is 0 Å². The van der Waals surface area contributed by atoms with E-state index < -0.39 is 11.9 Å². The fourth-order valence-corrected chi connectivity index (χ4v) is 3.95. The molecule has 2 aliphatic rings. The van der Waals surface area contributed by atoms with Gasteiger partial charge in [-0.05, 0) is 61.4 Å². The van der Waals surface area contributed by atoms with Crippen molar-refractivity contribution in [2.45, 2.75) is 32.1 Å². The van der Waals surface area contributed by atoms with E-state index in [0.29, 0.717) is 43.5 Å². The van der Waals surface area contributed by atoms with Crippen LogP contribution in [0.15, 0.2) is 48.5 Å². The molecule has 0 aliphatic carbocycles. The maximum atomic E-state index is 12.2. The molecule has 2 aromatic carbocycles. The lowest BCUT2D eigenvalue weighted by molar-refractivity contribution is -0.117. The minimum absolute atomic E-state index is 0.0949. The Morgan fingerprint density at radius 2 is 1.06 bits per heavy atom. The van der Waals surface area contributed by atoms with Gasteiger partial charge < -0.3 is 19.3 Å². The zero-order valence-corrected chi connectivity index (χ0v) is 18.3. The van der Waals surface area contributed by atoms with Crippen LogP contribution in [0.3, 0.4) is 0 Å². The molecule has 2 amide bonds. The molecule has 0 saturated carbocycles. The quantitative estimate of drug-likeness (QED) is 0.452. The average Bonchev–Trinajstić information content (AvgIpc) is 3.46. The zero-order valence-electron chi connectivity index (χ0n) is 18.3. The number of ether oxygens (including phenoxy) is 2. The summed E-state index contributed by atoms with van der Waals surface area (Å²) in [4.78, 5) is 51.4. The maximum Gasteiger partial charge on any atom is 0.338 e. The molecular weight excluding hydrogens is 424 g/mol. The van der Waals surface area contributed by atoms with Crippen molar-refractivity contribution >= 4 is 35.1 Å². The van der Waals surface area contributed by atoms with Gasteiger partial charge in [0.1, 0.15) is 0 Å². The molecule has 0 radical (unpaired) electrons. The van der Waals surface area contributed by atoms with Gasteiger partial charge in [-0.25, -0.2) is 9.59 Å². The van der Waals surface area contributed by atoms with Gasteiger partial charge in [0, 0.05) is 43.7 Å². The van der Waals surface area contributed by atoms with E-state index in [-0.39, 0.29) is 25.0 Å². The number of hydrogen-bond donors (Lipinski definition) is 0. The van der Waals surface area contributed by atoms with E-state index in [9.17, 15) is 19.2 Å². The summed E-state index contributed by atoms with van der Waals surface area (Å²) in [6.07, 6.45) is 3.17. The fourth-order valence-electron chi connectivity index (χ4n) is 3.95. The zero-order chi connectivity index (χ0) is 23.2. The van der Waals surface area contributed by atoms with Crippen molar-refractivity contribution in [2.75, 3.05) is 36.1 Å². The van der Waals surface area contributed by atoms with Crippen LogP contribution in [0.4, 0.5) is 11.4 Å². The largest absolute Gasteiger partial charge is 0.462 e. The highest BCUT2D eigenvalue weighted by molar-refractivity contribution is 5.97. The molecule has 172 valence electrons. The highest BCUT2D eigenvalue weighted by Crippen LogP contribution is 2.23. The third-order valence-corrected chi connectivity index (χ3v) is 5.73. The molecule has 0 unspecified atom stereocenters. The number of amides is 2. The first kappa shape index (κ1) is 22.5. The molecule has 0 aromatic heterocycles. The Hall–Kier alpha value is -3.68. The van der Waals surface area contributed by atoms with Crippen LogP contribution in [0, 0.1) is 0 Å². The van der Waals surface area contributed by atoms with Crippen molar-refractivity contribution < 1.29 is 28.7 Å². The summed E-state index contributed by atoms with van der Waals surface area (Å²) in [6.45, 7) is 1.64. The summed E-state index contributed by atoms with van der Waals surface area (Å²) in [5.74, 6) is -0.740. The molecule has 0 atom stereocenters. The van der Waals surface area contributed by atoms with E-state index in [1.807, 2.05) is 0 Å². The Labute approximate surface area is 192 Å². The molecule has 2 aliphatic heterocycles. The Kier molecular flexibility index (Phi) is 7.02. The smallest absolute Gasteiger partial charge is 0.338 e. The van der Waals surface area contributed by atoms with Gasteiger partial charge in [-0.1, -0.05) is 0 Å². The van der Waals surface area contributed by atoms with Crippen molar-refractivity contribution in [3.63, 3.8) is 0 Å². The number of nitrogens with zero attached hydrogens (tertiary/aromatic N) is 2. The second-order valence-corrected chi connectivity index (χ2v) is 8.02. The topological polar surface area (TPSA) is 93.2 Å². The van der Waals surface area contributed by atoms with Gasteiger partial charge in [0.15, 0.2) is 0 Å². The summed E-state index contributed by atoms with van der Waals surface area (Å²) >= 11 is 0. The van der Waals surface area contributed by atoms with Crippen LogP contribution < -0.4 is 9.80 Å².